The molecule has 5 heteroatoms. The first-order valence-corrected chi connectivity index (χ1v) is 9.44. The van der Waals surface area contributed by atoms with E-state index >= 15 is 0 Å². The maximum Gasteiger partial charge on any atom is 0.234 e. The van der Waals surface area contributed by atoms with Crippen LogP contribution in [0.3, 0.4) is 0 Å². The first kappa shape index (κ1) is 16.6. The fourth-order valence-corrected chi connectivity index (χ4v) is 4.04. The molecule has 0 aliphatic heterocycles. The highest BCUT2D eigenvalue weighted by Crippen LogP contribution is 2.33. The molecule has 1 amide bonds. The molecule has 116 valence electrons. The number of halogens is 2. The molecule has 23 heavy (non-hydrogen) atoms. The van der Waals surface area contributed by atoms with Crippen molar-refractivity contribution in [2.45, 2.75) is 4.90 Å². The summed E-state index contributed by atoms with van der Waals surface area (Å²) in [6, 6.07) is 19.6. The standard InChI is InChI=1S/C18H13ClINOS/c19-13-7-3-5-12-6-4-10-16(18(12)13)23-11-17(22)21-15-9-2-1-8-14(15)20/h1-10H,11H2,(H,21,22). The summed E-state index contributed by atoms with van der Waals surface area (Å²) in [6.07, 6.45) is 0. The molecule has 0 aliphatic carbocycles. The quantitative estimate of drug-likeness (QED) is 0.398. The van der Waals surface area contributed by atoms with Crippen LogP contribution in [0.25, 0.3) is 10.8 Å². The van der Waals surface area contributed by atoms with Gasteiger partial charge in [0.15, 0.2) is 0 Å². The molecule has 0 heterocycles. The van der Waals surface area contributed by atoms with Crippen molar-refractivity contribution in [3.05, 3.63) is 69.3 Å². The number of para-hydroxylation sites is 1. The van der Waals surface area contributed by atoms with E-state index in [-0.39, 0.29) is 5.91 Å². The van der Waals surface area contributed by atoms with E-state index in [2.05, 4.69) is 27.9 Å². The van der Waals surface area contributed by atoms with E-state index in [1.807, 2.05) is 60.7 Å². The number of amides is 1. The van der Waals surface area contributed by atoms with Gasteiger partial charge in [-0.15, -0.1) is 11.8 Å². The van der Waals surface area contributed by atoms with Crippen molar-refractivity contribution in [3.8, 4) is 0 Å². The molecule has 0 saturated heterocycles. The zero-order valence-electron chi connectivity index (χ0n) is 12.1. The van der Waals surface area contributed by atoms with Gasteiger partial charge in [0, 0.05) is 18.9 Å². The van der Waals surface area contributed by atoms with Crippen LogP contribution in [0, 0.1) is 3.57 Å². The second-order valence-corrected chi connectivity index (χ2v) is 7.50. The van der Waals surface area contributed by atoms with E-state index in [1.165, 1.54) is 11.8 Å². The second-order valence-electron chi connectivity index (χ2n) is 4.91. The van der Waals surface area contributed by atoms with Crippen LogP contribution in [-0.2, 0) is 4.79 Å². The Morgan fingerprint density at radius 1 is 1.04 bits per heavy atom. The third-order valence-electron chi connectivity index (χ3n) is 3.32. The molecule has 2 nitrogen and oxygen atoms in total. The van der Waals surface area contributed by atoms with Crippen molar-refractivity contribution >= 4 is 68.3 Å². The zero-order chi connectivity index (χ0) is 16.2. The van der Waals surface area contributed by atoms with Gasteiger partial charge in [0.05, 0.1) is 11.4 Å². The highest BCUT2D eigenvalue weighted by molar-refractivity contribution is 14.1. The third kappa shape index (κ3) is 4.00. The topological polar surface area (TPSA) is 29.1 Å². The number of benzene rings is 3. The maximum atomic E-state index is 12.2. The average Bonchev–Trinajstić information content (AvgIpc) is 2.55. The van der Waals surface area contributed by atoms with Crippen LogP contribution in [0.4, 0.5) is 5.69 Å². The van der Waals surface area contributed by atoms with Crippen molar-refractivity contribution in [1.82, 2.24) is 0 Å². The first-order valence-electron chi connectivity index (χ1n) is 6.99. The number of nitrogens with one attached hydrogen (secondary N) is 1. The van der Waals surface area contributed by atoms with Gasteiger partial charge in [0.1, 0.15) is 0 Å². The summed E-state index contributed by atoms with van der Waals surface area (Å²) in [5, 5.41) is 5.74. The van der Waals surface area contributed by atoms with Crippen molar-refractivity contribution < 1.29 is 4.79 Å². The van der Waals surface area contributed by atoms with Crippen LogP contribution in [0.5, 0.6) is 0 Å². The van der Waals surface area contributed by atoms with E-state index < -0.39 is 0 Å². The molecule has 0 fully saturated rings. The Labute approximate surface area is 157 Å². The summed E-state index contributed by atoms with van der Waals surface area (Å²) in [5.41, 5.74) is 0.842. The van der Waals surface area contributed by atoms with Gasteiger partial charge in [-0.1, -0.05) is 48.0 Å². The fraction of sp³-hybridized carbons (Fsp3) is 0.0556. The predicted octanol–water partition coefficient (Wildman–Crippen LogP) is 5.83. The smallest absolute Gasteiger partial charge is 0.234 e. The van der Waals surface area contributed by atoms with Gasteiger partial charge >= 0.3 is 0 Å². The number of anilines is 1. The van der Waals surface area contributed by atoms with E-state index in [0.717, 1.165) is 24.9 Å². The summed E-state index contributed by atoms with van der Waals surface area (Å²) in [5.74, 6) is 0.318. The molecule has 0 radical (unpaired) electrons. The number of rotatable bonds is 4. The Morgan fingerprint density at radius 3 is 2.57 bits per heavy atom. The summed E-state index contributed by atoms with van der Waals surface area (Å²) < 4.78 is 1.02. The van der Waals surface area contributed by atoms with Crippen LogP contribution in [0.15, 0.2) is 65.6 Å². The lowest BCUT2D eigenvalue weighted by molar-refractivity contribution is -0.113. The van der Waals surface area contributed by atoms with Gasteiger partial charge in [-0.25, -0.2) is 0 Å². The van der Waals surface area contributed by atoms with E-state index in [9.17, 15) is 4.79 Å². The van der Waals surface area contributed by atoms with Gasteiger partial charge in [0.2, 0.25) is 5.91 Å². The fourth-order valence-electron chi connectivity index (χ4n) is 2.27. The summed E-state index contributed by atoms with van der Waals surface area (Å²) in [4.78, 5) is 13.2. The third-order valence-corrected chi connectivity index (χ3v) is 5.64. The number of thioether (sulfide) groups is 1. The van der Waals surface area contributed by atoms with Crippen LogP contribution in [0.2, 0.25) is 5.02 Å². The molecule has 0 saturated carbocycles. The summed E-state index contributed by atoms with van der Waals surface area (Å²) in [6.45, 7) is 0. The highest BCUT2D eigenvalue weighted by atomic mass is 127. The molecule has 3 aromatic carbocycles. The Kier molecular flexibility index (Phi) is 5.46. The molecule has 3 rings (SSSR count). The van der Waals surface area contributed by atoms with Crippen LogP contribution < -0.4 is 5.32 Å². The lowest BCUT2D eigenvalue weighted by Crippen LogP contribution is -2.14. The van der Waals surface area contributed by atoms with Crippen LogP contribution in [0.1, 0.15) is 0 Å². The Bertz CT molecular complexity index is 863. The number of hydrogen-bond acceptors (Lipinski definition) is 2. The lowest BCUT2D eigenvalue weighted by Gasteiger charge is -2.09. The molecule has 0 aromatic heterocycles. The van der Waals surface area contributed by atoms with Crippen LogP contribution >= 0.6 is 46.0 Å². The van der Waals surface area contributed by atoms with E-state index in [4.69, 9.17) is 11.6 Å². The lowest BCUT2D eigenvalue weighted by atomic mass is 10.1. The molecule has 0 aliphatic rings. The summed E-state index contributed by atoms with van der Waals surface area (Å²) in [7, 11) is 0. The van der Waals surface area contributed by atoms with Gasteiger partial charge in [-0.3, -0.25) is 4.79 Å². The zero-order valence-corrected chi connectivity index (χ0v) is 15.8. The molecule has 0 spiro atoms. The van der Waals surface area contributed by atoms with E-state index in [1.54, 1.807) is 0 Å². The molecule has 0 atom stereocenters. The Morgan fingerprint density at radius 2 is 1.78 bits per heavy atom. The SMILES string of the molecule is O=C(CSc1cccc2cccc(Cl)c12)Nc1ccccc1I. The Hall–Kier alpha value is -1.24. The molecular formula is C18H13ClINOS. The number of carbonyl (C=O) groups is 1. The Balaban J connectivity index is 1.74. The maximum absolute atomic E-state index is 12.2. The average molecular weight is 454 g/mol. The number of fused-ring (bicyclic) bond motifs is 1. The van der Waals surface area contributed by atoms with Crippen LogP contribution in [-0.4, -0.2) is 11.7 Å². The highest BCUT2D eigenvalue weighted by Gasteiger charge is 2.09. The van der Waals surface area contributed by atoms with Crippen molar-refractivity contribution in [2.75, 3.05) is 11.1 Å². The second kappa shape index (κ2) is 7.55. The van der Waals surface area contributed by atoms with Gasteiger partial charge in [-0.2, -0.15) is 0 Å². The number of carbonyl (C=O) groups excluding carboxylic acids is 1. The van der Waals surface area contributed by atoms with Crippen molar-refractivity contribution in [1.29, 1.82) is 0 Å². The summed E-state index contributed by atoms with van der Waals surface area (Å²) >= 11 is 10.0. The van der Waals surface area contributed by atoms with Gasteiger partial charge in [-0.05, 0) is 52.2 Å². The molecule has 1 N–H and O–H groups in total. The molecular weight excluding hydrogens is 441 g/mol. The normalized spacial score (nSPS) is 10.7. The molecule has 3 aromatic rings. The van der Waals surface area contributed by atoms with Gasteiger partial charge < -0.3 is 5.32 Å². The van der Waals surface area contributed by atoms with Crippen molar-refractivity contribution in [2.24, 2.45) is 0 Å². The minimum Gasteiger partial charge on any atom is -0.324 e. The first-order chi connectivity index (χ1) is 11.1. The molecule has 0 unspecified atom stereocenters. The largest absolute Gasteiger partial charge is 0.324 e. The van der Waals surface area contributed by atoms with E-state index in [0.29, 0.717) is 10.8 Å². The minimum absolute atomic E-state index is 0.0248. The van der Waals surface area contributed by atoms with Gasteiger partial charge in [0.25, 0.3) is 0 Å². The minimum atomic E-state index is -0.0248. The monoisotopic (exact) mass is 453 g/mol. The number of hydrogen-bond donors (Lipinski definition) is 1. The predicted molar refractivity (Wildman–Crippen MR) is 107 cm³/mol. The van der Waals surface area contributed by atoms with Crippen molar-refractivity contribution in [3.63, 3.8) is 0 Å². The molecule has 0 bridgehead atoms.